The molecule has 0 radical (unpaired) electrons. The van der Waals surface area contributed by atoms with Crippen LogP contribution in [0.2, 0.25) is 0 Å². The van der Waals surface area contributed by atoms with Gasteiger partial charge in [0, 0.05) is 13.0 Å². The number of aliphatic hydroxyl groups is 2. The van der Waals surface area contributed by atoms with E-state index >= 15 is 0 Å². The normalized spacial score (nSPS) is 11.1. The maximum Gasteiger partial charge on any atom is 0.389 e. The fourth-order valence-electron chi connectivity index (χ4n) is 3.72. The summed E-state index contributed by atoms with van der Waals surface area (Å²) >= 11 is 0. The van der Waals surface area contributed by atoms with Crippen LogP contribution in [0, 0.1) is 17.1 Å². The van der Waals surface area contributed by atoms with E-state index in [1.165, 1.54) is 76.3 Å². The van der Waals surface area contributed by atoms with Crippen molar-refractivity contribution in [2.24, 2.45) is 0 Å². The van der Waals surface area contributed by atoms with E-state index in [1.807, 2.05) is 0 Å². The largest absolute Gasteiger partial charge is 0.396 e. The summed E-state index contributed by atoms with van der Waals surface area (Å²) in [7, 11) is 0. The molecule has 0 aromatic heterocycles. The quantitative estimate of drug-likeness (QED) is 0.161. The van der Waals surface area contributed by atoms with Gasteiger partial charge in [-0.2, -0.15) is 18.4 Å². The second-order valence-electron chi connectivity index (χ2n) is 8.86. The second-order valence-corrected chi connectivity index (χ2v) is 8.86. The molecule has 0 atom stereocenters. The highest BCUT2D eigenvalue weighted by molar-refractivity contribution is 5.33. The van der Waals surface area contributed by atoms with Crippen LogP contribution in [0.3, 0.4) is 0 Å². The van der Waals surface area contributed by atoms with Crippen LogP contribution in [-0.4, -0.2) is 23.0 Å². The summed E-state index contributed by atoms with van der Waals surface area (Å²) in [6.07, 6.45) is 13.4. The highest BCUT2D eigenvalue weighted by Crippen LogP contribution is 2.23. The number of unbranched alkanes of at least 4 members (excludes halogenated alkanes) is 15. The minimum Gasteiger partial charge on any atom is -0.396 e. The Morgan fingerprint density at radius 3 is 1.41 bits per heavy atom. The molecule has 1 aromatic rings. The summed E-state index contributed by atoms with van der Waals surface area (Å²) in [4.78, 5) is 0. The van der Waals surface area contributed by atoms with Crippen molar-refractivity contribution in [1.29, 1.82) is 5.26 Å². The third-order valence-electron chi connectivity index (χ3n) is 5.64. The molecule has 0 amide bonds. The first kappa shape index (κ1) is 32.4. The molecule has 0 spiro atoms. The first-order valence-corrected chi connectivity index (χ1v) is 12.8. The molecular weight excluding hydrogens is 446 g/mol. The van der Waals surface area contributed by atoms with Crippen molar-refractivity contribution in [1.82, 2.24) is 0 Å². The first-order valence-electron chi connectivity index (χ1n) is 12.8. The monoisotopic (exact) mass is 489 g/mol. The Morgan fingerprint density at radius 1 is 0.647 bits per heavy atom. The van der Waals surface area contributed by atoms with Gasteiger partial charge in [0.05, 0.1) is 18.2 Å². The smallest absolute Gasteiger partial charge is 0.389 e. The van der Waals surface area contributed by atoms with Crippen LogP contribution in [0.5, 0.6) is 0 Å². The summed E-state index contributed by atoms with van der Waals surface area (Å²) in [5.41, 5.74) is 0.649. The average Bonchev–Trinajstić information content (AvgIpc) is 2.80. The van der Waals surface area contributed by atoms with E-state index in [1.54, 1.807) is 6.07 Å². The van der Waals surface area contributed by atoms with Crippen molar-refractivity contribution >= 4 is 0 Å². The molecule has 196 valence electrons. The van der Waals surface area contributed by atoms with Crippen molar-refractivity contribution < 1.29 is 27.8 Å². The van der Waals surface area contributed by atoms with Gasteiger partial charge in [-0.25, -0.2) is 4.39 Å². The maximum atomic E-state index is 12.5. The lowest BCUT2D eigenvalue weighted by atomic mass is 10.0. The molecule has 0 aliphatic rings. The molecule has 0 aliphatic carbocycles. The Morgan fingerprint density at radius 2 is 1.06 bits per heavy atom. The Bertz CT molecular complexity index is 644. The van der Waals surface area contributed by atoms with E-state index in [9.17, 15) is 17.6 Å². The predicted molar refractivity (Wildman–Crippen MR) is 129 cm³/mol. The lowest BCUT2D eigenvalue weighted by molar-refractivity contribution is -0.135. The van der Waals surface area contributed by atoms with E-state index in [0.717, 1.165) is 38.2 Å². The van der Waals surface area contributed by atoms with Gasteiger partial charge in [0.2, 0.25) is 0 Å². The molecule has 0 saturated heterocycles. The second kappa shape index (κ2) is 21.9. The number of rotatable bonds is 18. The third-order valence-corrected chi connectivity index (χ3v) is 5.64. The maximum absolute atomic E-state index is 12.5. The van der Waals surface area contributed by atoms with Gasteiger partial charge in [-0.15, -0.1) is 0 Å². The van der Waals surface area contributed by atoms with Crippen molar-refractivity contribution in [3.63, 3.8) is 0 Å². The number of nitriles is 1. The fourth-order valence-corrected chi connectivity index (χ4v) is 3.72. The first-order chi connectivity index (χ1) is 16.3. The van der Waals surface area contributed by atoms with E-state index in [4.69, 9.17) is 15.5 Å². The van der Waals surface area contributed by atoms with Crippen LogP contribution in [0.15, 0.2) is 18.2 Å². The van der Waals surface area contributed by atoms with Crippen molar-refractivity contribution in [3.8, 4) is 6.07 Å². The summed E-state index contributed by atoms with van der Waals surface area (Å²) in [6, 6.07) is 5.56. The van der Waals surface area contributed by atoms with Crippen LogP contribution in [-0.2, 0) is 6.61 Å². The van der Waals surface area contributed by atoms with Gasteiger partial charge < -0.3 is 10.2 Å². The van der Waals surface area contributed by atoms with E-state index in [-0.39, 0.29) is 12.2 Å². The van der Waals surface area contributed by atoms with Gasteiger partial charge in [0.1, 0.15) is 5.82 Å². The SMILES string of the molecule is N#Cc1cc(F)cc(CO)c1.OCCCCCCCCCCCCCCCCCCC(F)(F)F. The molecule has 1 rings (SSSR count). The number of benzene rings is 1. The lowest BCUT2D eigenvalue weighted by Crippen LogP contribution is -2.06. The molecule has 0 unspecified atom stereocenters. The number of nitrogens with zero attached hydrogens (tertiary/aromatic N) is 1. The number of hydrogen-bond donors (Lipinski definition) is 2. The van der Waals surface area contributed by atoms with Gasteiger partial charge in [0.15, 0.2) is 0 Å². The lowest BCUT2D eigenvalue weighted by Gasteiger charge is -2.05. The zero-order valence-corrected chi connectivity index (χ0v) is 20.5. The number of hydrogen-bond acceptors (Lipinski definition) is 3. The van der Waals surface area contributed by atoms with Gasteiger partial charge >= 0.3 is 6.18 Å². The number of halogens is 4. The molecule has 0 heterocycles. The third kappa shape index (κ3) is 22.2. The van der Waals surface area contributed by atoms with Crippen molar-refractivity contribution in [2.45, 2.75) is 122 Å². The summed E-state index contributed by atoms with van der Waals surface area (Å²) in [5.74, 6) is -0.492. The average molecular weight is 490 g/mol. The molecule has 0 saturated carbocycles. The molecule has 2 N–H and O–H groups in total. The molecule has 0 fully saturated rings. The molecule has 7 heteroatoms. The van der Waals surface area contributed by atoms with Crippen molar-refractivity contribution in [3.05, 3.63) is 35.1 Å². The Balaban J connectivity index is 0.000000818. The Kier molecular flexibility index (Phi) is 20.8. The fraction of sp³-hybridized carbons (Fsp3) is 0.741. The Labute approximate surface area is 203 Å². The number of alkyl halides is 3. The molecule has 0 bridgehead atoms. The zero-order valence-electron chi connectivity index (χ0n) is 20.5. The van der Waals surface area contributed by atoms with Gasteiger partial charge in [0.25, 0.3) is 0 Å². The topological polar surface area (TPSA) is 64.2 Å². The van der Waals surface area contributed by atoms with E-state index in [2.05, 4.69) is 0 Å². The van der Waals surface area contributed by atoms with Gasteiger partial charge in [-0.3, -0.25) is 0 Å². The Hall–Kier alpha value is -1.65. The predicted octanol–water partition coefficient (Wildman–Crippen LogP) is 8.36. The molecule has 1 aromatic carbocycles. The summed E-state index contributed by atoms with van der Waals surface area (Å²) in [5, 5.41) is 25.7. The van der Waals surface area contributed by atoms with Crippen LogP contribution < -0.4 is 0 Å². The highest BCUT2D eigenvalue weighted by atomic mass is 19.4. The minimum absolute atomic E-state index is 0.231. The van der Waals surface area contributed by atoms with Crippen LogP contribution in [0.1, 0.15) is 120 Å². The molecule has 34 heavy (non-hydrogen) atoms. The van der Waals surface area contributed by atoms with Gasteiger partial charge in [-0.1, -0.05) is 89.9 Å². The zero-order chi connectivity index (χ0) is 25.5. The molecule has 3 nitrogen and oxygen atoms in total. The number of aliphatic hydroxyl groups excluding tert-OH is 2. The van der Waals surface area contributed by atoms with Crippen LogP contribution in [0.4, 0.5) is 17.6 Å². The van der Waals surface area contributed by atoms with Crippen molar-refractivity contribution in [2.75, 3.05) is 6.61 Å². The van der Waals surface area contributed by atoms with Crippen LogP contribution >= 0.6 is 0 Å². The van der Waals surface area contributed by atoms with E-state index in [0.29, 0.717) is 18.6 Å². The summed E-state index contributed by atoms with van der Waals surface area (Å²) in [6.45, 7) is 0.0833. The van der Waals surface area contributed by atoms with Crippen LogP contribution in [0.25, 0.3) is 0 Å². The standard InChI is InChI=1S/C19H37F3O.C8H6FNO/c20-19(21,22)17-15-13-11-9-7-5-3-1-2-4-6-8-10-12-14-16-18-23;9-8-2-6(4-10)1-7(3-8)5-11/h23H,1-18H2;1-3,11H,5H2. The minimum atomic E-state index is -3.97. The highest BCUT2D eigenvalue weighted by Gasteiger charge is 2.25. The molecular formula is C27H43F4NO2. The molecule has 0 aliphatic heterocycles. The van der Waals surface area contributed by atoms with E-state index < -0.39 is 18.4 Å². The van der Waals surface area contributed by atoms with Gasteiger partial charge in [-0.05, 0) is 36.6 Å². The summed E-state index contributed by atoms with van der Waals surface area (Å²) < 4.78 is 48.4.